The third-order valence-electron chi connectivity index (χ3n) is 5.69. The van der Waals surface area contributed by atoms with Crippen molar-refractivity contribution in [2.45, 2.75) is 19.0 Å². The minimum atomic E-state index is -0.719. The van der Waals surface area contributed by atoms with E-state index in [0.717, 1.165) is 22.0 Å². The number of nitrogens with two attached hydrogens (primary N) is 1. The molecule has 1 atom stereocenters. The molecule has 180 valence electrons. The maximum atomic E-state index is 12.9. The van der Waals surface area contributed by atoms with Crippen LogP contribution in [-0.2, 0) is 22.6 Å². The molecule has 2 aromatic carbocycles. The van der Waals surface area contributed by atoms with Gasteiger partial charge in [0.2, 0.25) is 11.8 Å². The van der Waals surface area contributed by atoms with Crippen molar-refractivity contribution in [1.29, 1.82) is 5.41 Å². The van der Waals surface area contributed by atoms with Crippen LogP contribution in [0.15, 0.2) is 67.0 Å². The van der Waals surface area contributed by atoms with Gasteiger partial charge >= 0.3 is 0 Å². The summed E-state index contributed by atoms with van der Waals surface area (Å²) >= 11 is 0. The lowest BCUT2D eigenvalue weighted by Crippen LogP contribution is -2.43. The van der Waals surface area contributed by atoms with Gasteiger partial charge < -0.3 is 21.4 Å². The van der Waals surface area contributed by atoms with E-state index in [4.69, 9.17) is 11.1 Å². The van der Waals surface area contributed by atoms with Crippen molar-refractivity contribution >= 4 is 28.6 Å². The van der Waals surface area contributed by atoms with Crippen LogP contribution in [0.2, 0.25) is 0 Å². The topological polar surface area (TPSA) is 165 Å². The number of nitrogens with one attached hydrogen (secondary N) is 6. The zero-order valence-electron chi connectivity index (χ0n) is 19.1. The Labute approximate surface area is 202 Å². The molecule has 10 nitrogen and oxygen atoms in total. The number of aromatic amines is 2. The van der Waals surface area contributed by atoms with Gasteiger partial charge in [0.25, 0.3) is 0 Å². The molecular weight excluding hydrogens is 444 g/mol. The number of hydrogen-bond acceptors (Lipinski definition) is 5. The number of carbonyl (C=O) groups excluding carboxylic acids is 2. The lowest BCUT2D eigenvalue weighted by atomic mass is 10.1. The van der Waals surface area contributed by atoms with Crippen molar-refractivity contribution in [3.8, 4) is 0 Å². The van der Waals surface area contributed by atoms with Gasteiger partial charge in [-0.3, -0.25) is 25.4 Å². The standard InChI is InChI=1S/C25H28N8O2/c26-24(27)17-7-5-16(6-8-17)13-30-23(21-10-12-32-33-21)25(35)31-15-22(34)28-11-9-18-14-29-20-4-2-1-3-19(18)20/h1-8,10,12,14,23,29-30H,9,11,13,15H2,(H3,26,27)(H,28,34)(H,31,35)(H,32,33). The second-order valence-electron chi connectivity index (χ2n) is 8.11. The highest BCUT2D eigenvalue weighted by molar-refractivity contribution is 5.94. The maximum absolute atomic E-state index is 12.9. The Morgan fingerprint density at radius 1 is 1.06 bits per heavy atom. The second kappa shape index (κ2) is 11.1. The van der Waals surface area contributed by atoms with E-state index in [9.17, 15) is 9.59 Å². The highest BCUT2D eigenvalue weighted by atomic mass is 16.2. The Balaban J connectivity index is 1.27. The number of benzene rings is 2. The fourth-order valence-corrected chi connectivity index (χ4v) is 3.80. The number of hydrogen-bond donors (Lipinski definition) is 7. The van der Waals surface area contributed by atoms with E-state index in [-0.39, 0.29) is 24.2 Å². The quantitative estimate of drug-likeness (QED) is 0.130. The van der Waals surface area contributed by atoms with Crippen LogP contribution in [0.25, 0.3) is 10.9 Å². The maximum Gasteiger partial charge on any atom is 0.243 e. The average molecular weight is 473 g/mol. The number of rotatable bonds is 11. The van der Waals surface area contributed by atoms with Gasteiger partial charge in [-0.1, -0.05) is 42.5 Å². The van der Waals surface area contributed by atoms with Gasteiger partial charge in [0.15, 0.2) is 0 Å². The van der Waals surface area contributed by atoms with E-state index in [0.29, 0.717) is 30.8 Å². The van der Waals surface area contributed by atoms with Crippen LogP contribution in [0, 0.1) is 5.41 Å². The zero-order valence-corrected chi connectivity index (χ0v) is 19.1. The average Bonchev–Trinajstić information content (AvgIpc) is 3.54. The normalized spacial score (nSPS) is 11.8. The highest BCUT2D eigenvalue weighted by Gasteiger charge is 2.22. The van der Waals surface area contributed by atoms with E-state index in [2.05, 4.69) is 31.1 Å². The molecule has 2 amide bonds. The molecule has 1 unspecified atom stereocenters. The van der Waals surface area contributed by atoms with Crippen LogP contribution in [0.1, 0.15) is 28.4 Å². The summed E-state index contributed by atoms with van der Waals surface area (Å²) in [4.78, 5) is 28.4. The number of amides is 2. The molecule has 0 saturated heterocycles. The fourth-order valence-electron chi connectivity index (χ4n) is 3.80. The van der Waals surface area contributed by atoms with Gasteiger partial charge in [-0.2, -0.15) is 5.10 Å². The monoisotopic (exact) mass is 472 g/mol. The number of nitrogen functional groups attached to an aromatic ring is 1. The van der Waals surface area contributed by atoms with E-state index < -0.39 is 6.04 Å². The Bertz CT molecular complexity index is 1290. The first-order chi connectivity index (χ1) is 17.0. The van der Waals surface area contributed by atoms with Gasteiger partial charge in [0, 0.05) is 41.9 Å². The summed E-state index contributed by atoms with van der Waals surface area (Å²) in [5, 5.41) is 24.1. The molecule has 4 rings (SSSR count). The molecule has 0 radical (unpaired) electrons. The molecule has 2 aromatic heterocycles. The van der Waals surface area contributed by atoms with Crippen molar-refractivity contribution in [2.75, 3.05) is 13.1 Å². The van der Waals surface area contributed by atoms with Gasteiger partial charge in [0.05, 0.1) is 12.2 Å². The summed E-state index contributed by atoms with van der Waals surface area (Å²) in [6.07, 6.45) is 4.20. The molecule has 10 heteroatoms. The van der Waals surface area contributed by atoms with Crippen molar-refractivity contribution in [2.24, 2.45) is 5.73 Å². The van der Waals surface area contributed by atoms with Crippen molar-refractivity contribution < 1.29 is 9.59 Å². The number of carbonyl (C=O) groups is 2. The Morgan fingerprint density at radius 3 is 2.60 bits per heavy atom. The SMILES string of the molecule is N=C(N)c1ccc(CNC(C(=O)NCC(=O)NCCc2c[nH]c3ccccc23)c2ccn[nH]2)cc1. The van der Waals surface area contributed by atoms with Crippen molar-refractivity contribution in [1.82, 2.24) is 31.1 Å². The van der Waals surface area contributed by atoms with E-state index in [1.165, 1.54) is 0 Å². The Hall–Kier alpha value is -4.44. The molecule has 0 bridgehead atoms. The smallest absolute Gasteiger partial charge is 0.243 e. The summed E-state index contributed by atoms with van der Waals surface area (Å²) in [6.45, 7) is 0.730. The van der Waals surface area contributed by atoms with E-state index in [1.54, 1.807) is 24.4 Å². The Morgan fingerprint density at radius 2 is 1.86 bits per heavy atom. The first kappa shape index (κ1) is 23.7. The van der Waals surface area contributed by atoms with Crippen LogP contribution in [0.3, 0.4) is 0 Å². The molecule has 0 saturated carbocycles. The lowest BCUT2D eigenvalue weighted by molar-refractivity contribution is -0.127. The first-order valence-electron chi connectivity index (χ1n) is 11.3. The molecule has 0 aliphatic rings. The van der Waals surface area contributed by atoms with Crippen LogP contribution in [-0.4, -0.2) is 45.9 Å². The second-order valence-corrected chi connectivity index (χ2v) is 8.11. The molecule has 0 spiro atoms. The number of H-pyrrole nitrogens is 2. The zero-order chi connectivity index (χ0) is 24.6. The summed E-state index contributed by atoms with van der Waals surface area (Å²) in [7, 11) is 0. The predicted molar refractivity (Wildman–Crippen MR) is 134 cm³/mol. The minimum absolute atomic E-state index is 0.000972. The van der Waals surface area contributed by atoms with Crippen LogP contribution < -0.4 is 21.7 Å². The lowest BCUT2D eigenvalue weighted by Gasteiger charge is -2.17. The third kappa shape index (κ3) is 6.12. The molecule has 0 aliphatic heterocycles. The summed E-state index contributed by atoms with van der Waals surface area (Å²) in [6, 6.07) is 16.2. The summed E-state index contributed by atoms with van der Waals surface area (Å²) in [5.41, 5.74) is 9.82. The van der Waals surface area contributed by atoms with Gasteiger partial charge in [-0.15, -0.1) is 0 Å². The van der Waals surface area contributed by atoms with Crippen LogP contribution >= 0.6 is 0 Å². The molecule has 35 heavy (non-hydrogen) atoms. The summed E-state index contributed by atoms with van der Waals surface area (Å²) in [5.74, 6) is -0.610. The highest BCUT2D eigenvalue weighted by Crippen LogP contribution is 2.17. The fraction of sp³-hybridized carbons (Fsp3) is 0.200. The molecule has 4 aromatic rings. The molecular formula is C25H28N8O2. The number of aromatic nitrogens is 3. The van der Waals surface area contributed by atoms with Gasteiger partial charge in [-0.25, -0.2) is 0 Å². The Kier molecular flexibility index (Phi) is 7.53. The van der Waals surface area contributed by atoms with Crippen LogP contribution in [0.5, 0.6) is 0 Å². The largest absolute Gasteiger partial charge is 0.384 e. The van der Waals surface area contributed by atoms with E-state index in [1.807, 2.05) is 42.6 Å². The summed E-state index contributed by atoms with van der Waals surface area (Å²) < 4.78 is 0. The van der Waals surface area contributed by atoms with Crippen molar-refractivity contribution in [3.05, 3.63) is 89.4 Å². The van der Waals surface area contributed by atoms with Crippen molar-refractivity contribution in [3.63, 3.8) is 0 Å². The van der Waals surface area contributed by atoms with Gasteiger partial charge in [-0.05, 0) is 29.7 Å². The number of nitrogens with zero attached hydrogens (tertiary/aromatic N) is 1. The molecule has 0 aliphatic carbocycles. The molecule has 2 heterocycles. The number of fused-ring (bicyclic) bond motifs is 1. The first-order valence-corrected chi connectivity index (χ1v) is 11.3. The number of para-hydroxylation sites is 1. The molecule has 0 fully saturated rings. The van der Waals surface area contributed by atoms with Gasteiger partial charge in [0.1, 0.15) is 11.9 Å². The third-order valence-corrected chi connectivity index (χ3v) is 5.69. The number of amidine groups is 1. The predicted octanol–water partition coefficient (Wildman–Crippen LogP) is 1.48. The van der Waals surface area contributed by atoms with Crippen LogP contribution in [0.4, 0.5) is 0 Å². The molecule has 8 N–H and O–H groups in total. The minimum Gasteiger partial charge on any atom is -0.384 e. The van der Waals surface area contributed by atoms with E-state index >= 15 is 0 Å².